The van der Waals surface area contributed by atoms with Crippen LogP contribution in [0.25, 0.3) is 28.0 Å². The average molecular weight is 424 g/mol. The molecule has 0 atom stereocenters. The largest absolute Gasteiger partial charge is 0.384 e. The lowest BCUT2D eigenvalue weighted by Gasteiger charge is -2.09. The number of hydrogen-bond donors (Lipinski definition) is 2. The molecule has 0 fully saturated rings. The van der Waals surface area contributed by atoms with E-state index in [0.29, 0.717) is 17.9 Å². The summed E-state index contributed by atoms with van der Waals surface area (Å²) in [7, 11) is 0. The summed E-state index contributed by atoms with van der Waals surface area (Å²) in [5, 5.41) is 6.86. The van der Waals surface area contributed by atoms with Gasteiger partial charge in [0.25, 0.3) is 0 Å². The number of fused-ring (bicyclic) bond motifs is 1. The van der Waals surface area contributed by atoms with Crippen molar-refractivity contribution < 1.29 is 4.79 Å². The summed E-state index contributed by atoms with van der Waals surface area (Å²) in [6, 6.07) is 9.46. The van der Waals surface area contributed by atoms with Gasteiger partial charge in [0.1, 0.15) is 24.2 Å². The fourth-order valence-electron chi connectivity index (χ4n) is 3.56. The van der Waals surface area contributed by atoms with E-state index in [0.717, 1.165) is 33.7 Å². The molecule has 2 N–H and O–H groups in total. The molecule has 5 heterocycles. The van der Waals surface area contributed by atoms with Crippen molar-refractivity contribution in [1.29, 1.82) is 0 Å². The van der Waals surface area contributed by atoms with Crippen LogP contribution in [0.15, 0.2) is 66.4 Å². The van der Waals surface area contributed by atoms with Gasteiger partial charge in [0.05, 0.1) is 23.3 Å². The highest BCUT2D eigenvalue weighted by Gasteiger charge is 2.13. The Morgan fingerprint density at radius 2 is 2.09 bits per heavy atom. The topological polar surface area (TPSA) is 110 Å². The molecule has 0 bridgehead atoms. The Morgan fingerprint density at radius 1 is 1.16 bits per heavy atom. The van der Waals surface area contributed by atoms with Crippen LogP contribution < -0.4 is 10.6 Å². The second kappa shape index (κ2) is 8.38. The van der Waals surface area contributed by atoms with E-state index < -0.39 is 0 Å². The van der Waals surface area contributed by atoms with Gasteiger partial charge in [-0.15, -0.1) is 0 Å². The van der Waals surface area contributed by atoms with Gasteiger partial charge < -0.3 is 15.2 Å². The molecule has 1 amide bonds. The highest BCUT2D eigenvalue weighted by Crippen LogP contribution is 2.26. The number of hydrogen-bond acceptors (Lipinski definition) is 7. The number of rotatable bonds is 5. The monoisotopic (exact) mass is 424 g/mol. The number of carbonyl (C=O) groups is 1. The van der Waals surface area contributed by atoms with E-state index in [2.05, 4.69) is 35.6 Å². The fraction of sp³-hybridized carbons (Fsp3) is 0.130. The maximum absolute atomic E-state index is 12.7. The molecule has 0 aliphatic carbocycles. The number of carbonyl (C=O) groups excluding carboxylic acids is 1. The Kier molecular flexibility index (Phi) is 5.12. The maximum Gasteiger partial charge on any atom is 0.244 e. The molecule has 0 radical (unpaired) electrons. The molecule has 4 aromatic heterocycles. The molecule has 32 heavy (non-hydrogen) atoms. The van der Waals surface area contributed by atoms with Crippen LogP contribution in [0.4, 0.5) is 5.69 Å². The summed E-state index contributed by atoms with van der Waals surface area (Å²) >= 11 is 0. The zero-order valence-corrected chi connectivity index (χ0v) is 17.4. The van der Waals surface area contributed by atoms with Gasteiger partial charge in [-0.3, -0.25) is 19.8 Å². The lowest BCUT2D eigenvalue weighted by Crippen LogP contribution is -2.18. The third-order valence-corrected chi connectivity index (χ3v) is 5.03. The van der Waals surface area contributed by atoms with E-state index in [1.165, 1.54) is 6.33 Å². The number of nitrogens with one attached hydrogen (secondary N) is 2. The van der Waals surface area contributed by atoms with Gasteiger partial charge in [-0.1, -0.05) is 0 Å². The van der Waals surface area contributed by atoms with E-state index in [1.807, 2.05) is 49.7 Å². The molecule has 9 heteroatoms. The molecule has 1 aliphatic heterocycles. The van der Waals surface area contributed by atoms with Crippen LogP contribution in [0.1, 0.15) is 11.4 Å². The normalized spacial score (nSPS) is 13.0. The lowest BCUT2D eigenvalue weighted by atomic mass is 10.1. The minimum absolute atomic E-state index is 0.121. The quantitative estimate of drug-likeness (QED) is 0.510. The summed E-state index contributed by atoms with van der Waals surface area (Å²) in [5.41, 5.74) is 5.50. The molecule has 0 unspecified atom stereocenters. The van der Waals surface area contributed by atoms with Gasteiger partial charge in [0, 0.05) is 48.0 Å². The minimum Gasteiger partial charge on any atom is -0.384 e. The maximum atomic E-state index is 12.7. The van der Waals surface area contributed by atoms with Crippen LogP contribution in [-0.2, 0) is 11.3 Å². The molecule has 1 aliphatic rings. The average Bonchev–Trinajstić information content (AvgIpc) is 3.23. The molecular formula is C23H20N8O. The second-order valence-electron chi connectivity index (χ2n) is 7.32. The Morgan fingerprint density at radius 3 is 2.88 bits per heavy atom. The predicted molar refractivity (Wildman–Crippen MR) is 123 cm³/mol. The number of amides is 1. The van der Waals surface area contributed by atoms with Crippen LogP contribution in [0.3, 0.4) is 0 Å². The van der Waals surface area contributed by atoms with Gasteiger partial charge >= 0.3 is 0 Å². The van der Waals surface area contributed by atoms with Crippen LogP contribution in [0.5, 0.6) is 0 Å². The summed E-state index contributed by atoms with van der Waals surface area (Å²) in [4.78, 5) is 34.4. The van der Waals surface area contributed by atoms with Crippen molar-refractivity contribution in [2.45, 2.75) is 13.5 Å². The van der Waals surface area contributed by atoms with E-state index in [-0.39, 0.29) is 12.5 Å². The van der Waals surface area contributed by atoms with Crippen molar-refractivity contribution in [2.75, 3.05) is 11.9 Å². The summed E-state index contributed by atoms with van der Waals surface area (Å²) in [6.07, 6.45) is 10.4. The zero-order chi connectivity index (χ0) is 21.9. The Bertz CT molecular complexity index is 1350. The number of aryl methyl sites for hydroxylation is 1. The lowest BCUT2D eigenvalue weighted by molar-refractivity contribution is -0.116. The SMILES string of the molecule is Cc1cc(-c2ncnc3c2ccn3CC(=O)Nc2ccc(C3=CNCC=N3)nc2)ccn1. The van der Waals surface area contributed by atoms with E-state index in [1.54, 1.807) is 23.2 Å². The summed E-state index contributed by atoms with van der Waals surface area (Å²) in [5.74, 6) is -0.173. The van der Waals surface area contributed by atoms with E-state index in [4.69, 9.17) is 0 Å². The second-order valence-corrected chi connectivity index (χ2v) is 7.32. The van der Waals surface area contributed by atoms with Crippen molar-refractivity contribution in [3.8, 4) is 11.3 Å². The van der Waals surface area contributed by atoms with Crippen LogP contribution in [-0.4, -0.2) is 43.2 Å². The highest BCUT2D eigenvalue weighted by atomic mass is 16.1. The highest BCUT2D eigenvalue weighted by molar-refractivity contribution is 5.94. The number of pyridine rings is 2. The van der Waals surface area contributed by atoms with Crippen molar-refractivity contribution in [1.82, 2.24) is 29.8 Å². The molecule has 0 saturated carbocycles. The summed E-state index contributed by atoms with van der Waals surface area (Å²) < 4.78 is 1.80. The summed E-state index contributed by atoms with van der Waals surface area (Å²) in [6.45, 7) is 2.77. The Balaban J connectivity index is 1.32. The molecule has 158 valence electrons. The van der Waals surface area contributed by atoms with Crippen LogP contribution in [0.2, 0.25) is 0 Å². The molecule has 5 rings (SSSR count). The molecule has 0 saturated heterocycles. The van der Waals surface area contributed by atoms with Crippen LogP contribution >= 0.6 is 0 Å². The van der Waals surface area contributed by atoms with Gasteiger partial charge in [-0.25, -0.2) is 9.97 Å². The fourth-order valence-corrected chi connectivity index (χ4v) is 3.56. The van der Waals surface area contributed by atoms with Crippen molar-refractivity contribution >= 4 is 34.5 Å². The van der Waals surface area contributed by atoms with Gasteiger partial charge in [0.15, 0.2) is 0 Å². The predicted octanol–water partition coefficient (Wildman–Crippen LogP) is 2.81. The first kappa shape index (κ1) is 19.6. The number of nitrogens with zero attached hydrogens (tertiary/aromatic N) is 6. The van der Waals surface area contributed by atoms with Crippen molar-refractivity contribution in [3.05, 3.63) is 72.8 Å². The number of anilines is 1. The molecular weight excluding hydrogens is 404 g/mol. The first-order valence-electron chi connectivity index (χ1n) is 10.1. The Hall–Kier alpha value is -4.40. The molecule has 9 nitrogen and oxygen atoms in total. The Labute approximate surface area is 184 Å². The van der Waals surface area contributed by atoms with Crippen LogP contribution in [0, 0.1) is 6.92 Å². The molecule has 0 spiro atoms. The third kappa shape index (κ3) is 3.95. The van der Waals surface area contributed by atoms with E-state index in [9.17, 15) is 4.79 Å². The van der Waals surface area contributed by atoms with E-state index >= 15 is 0 Å². The van der Waals surface area contributed by atoms with Gasteiger partial charge in [-0.2, -0.15) is 0 Å². The van der Waals surface area contributed by atoms with Crippen molar-refractivity contribution in [2.24, 2.45) is 4.99 Å². The van der Waals surface area contributed by atoms with Gasteiger partial charge in [-0.05, 0) is 37.3 Å². The third-order valence-electron chi connectivity index (χ3n) is 5.03. The smallest absolute Gasteiger partial charge is 0.244 e. The first-order chi connectivity index (χ1) is 15.7. The first-order valence-corrected chi connectivity index (χ1v) is 10.1. The molecule has 0 aromatic carbocycles. The standard InChI is InChI=1S/C23H20N8O/c1-15-10-16(4-6-25-15)22-18-5-9-31(23(18)29-14-28-22)13-21(32)30-17-2-3-19(27-11-17)20-12-24-7-8-26-20/h2-6,8-12,14,24H,7,13H2,1H3,(H,30,32). The number of aliphatic imine (C=N–C) groups is 1. The zero-order valence-electron chi connectivity index (χ0n) is 17.4. The van der Waals surface area contributed by atoms with Gasteiger partial charge in [0.2, 0.25) is 5.91 Å². The minimum atomic E-state index is -0.173. The molecule has 4 aromatic rings. The van der Waals surface area contributed by atoms with Crippen molar-refractivity contribution in [3.63, 3.8) is 0 Å². The number of aromatic nitrogens is 5.